The average molecular weight is 382 g/mol. The van der Waals surface area contributed by atoms with Crippen LogP contribution in [0.3, 0.4) is 0 Å². The Bertz CT molecular complexity index is 954. The maximum Gasteiger partial charge on any atom is 0.160 e. The number of rotatable bonds is 5. The third-order valence-corrected chi connectivity index (χ3v) is 5.39. The van der Waals surface area contributed by atoms with Gasteiger partial charge < -0.3 is 19.5 Å². The predicted octanol–water partition coefficient (Wildman–Crippen LogP) is 4.61. The van der Waals surface area contributed by atoms with Gasteiger partial charge in [0.1, 0.15) is 11.9 Å². The molecule has 4 rings (SSSR count). The van der Waals surface area contributed by atoms with Gasteiger partial charge in [0, 0.05) is 17.4 Å². The Hall–Kier alpha value is -2.73. The maximum absolute atomic E-state index is 5.85. The lowest BCUT2D eigenvalue weighted by Gasteiger charge is -2.25. The number of hydrogen-bond acceptors (Lipinski definition) is 6. The summed E-state index contributed by atoms with van der Waals surface area (Å²) >= 11 is 1.67. The van der Waals surface area contributed by atoms with Crippen molar-refractivity contribution in [1.29, 1.82) is 0 Å². The molecular weight excluding hydrogens is 360 g/mol. The van der Waals surface area contributed by atoms with Crippen molar-refractivity contribution < 1.29 is 14.2 Å². The number of nitrogens with zero attached hydrogens (tertiary/aromatic N) is 1. The van der Waals surface area contributed by atoms with E-state index in [0.29, 0.717) is 0 Å². The number of methoxy groups -OCH3 is 2. The Labute approximate surface area is 162 Å². The van der Waals surface area contributed by atoms with E-state index >= 15 is 0 Å². The third kappa shape index (κ3) is 3.71. The van der Waals surface area contributed by atoms with Crippen LogP contribution in [0.1, 0.15) is 17.5 Å². The summed E-state index contributed by atoms with van der Waals surface area (Å²) in [4.78, 5) is 4.82. The number of benzene rings is 2. The molecule has 0 fully saturated rings. The molecule has 0 spiro atoms. The van der Waals surface area contributed by atoms with Gasteiger partial charge in [-0.2, -0.15) is 0 Å². The smallest absolute Gasteiger partial charge is 0.160 e. The highest BCUT2D eigenvalue weighted by Crippen LogP contribution is 2.34. The van der Waals surface area contributed by atoms with Crippen LogP contribution in [-0.4, -0.2) is 31.9 Å². The van der Waals surface area contributed by atoms with E-state index in [0.717, 1.165) is 57.7 Å². The molecule has 0 aliphatic carbocycles. The van der Waals surface area contributed by atoms with Gasteiger partial charge in [-0.3, -0.25) is 0 Å². The summed E-state index contributed by atoms with van der Waals surface area (Å²) in [6.45, 7) is 2.88. The molecule has 2 heterocycles. The van der Waals surface area contributed by atoms with Gasteiger partial charge in [0.2, 0.25) is 0 Å². The number of hydrogen-bond donors (Lipinski definition) is 1. The summed E-state index contributed by atoms with van der Waals surface area (Å²) in [5.74, 6) is 2.37. The second kappa shape index (κ2) is 7.48. The van der Waals surface area contributed by atoms with E-state index in [-0.39, 0.29) is 6.10 Å². The van der Waals surface area contributed by atoms with Gasteiger partial charge in [-0.05, 0) is 42.8 Å². The molecule has 27 heavy (non-hydrogen) atoms. The zero-order valence-electron chi connectivity index (χ0n) is 15.6. The highest BCUT2D eigenvalue weighted by atomic mass is 32.1. The Morgan fingerprint density at radius 1 is 1.15 bits per heavy atom. The van der Waals surface area contributed by atoms with Crippen molar-refractivity contribution in [3.8, 4) is 28.5 Å². The summed E-state index contributed by atoms with van der Waals surface area (Å²) in [6.07, 6.45) is 0.949. The van der Waals surface area contributed by atoms with Crippen LogP contribution >= 0.6 is 11.3 Å². The van der Waals surface area contributed by atoms with E-state index in [4.69, 9.17) is 19.2 Å². The normalized spacial score (nSPS) is 15.4. The molecule has 5 nitrogen and oxygen atoms in total. The Morgan fingerprint density at radius 2 is 2.00 bits per heavy atom. The molecule has 0 saturated carbocycles. The van der Waals surface area contributed by atoms with Crippen molar-refractivity contribution in [2.45, 2.75) is 19.4 Å². The number of thiazole rings is 1. The maximum atomic E-state index is 5.85. The second-order valence-electron chi connectivity index (χ2n) is 6.51. The van der Waals surface area contributed by atoms with E-state index in [1.807, 2.05) is 24.3 Å². The number of aromatic nitrogens is 1. The lowest BCUT2D eigenvalue weighted by molar-refractivity contribution is 0.226. The average Bonchev–Trinajstić information content (AvgIpc) is 3.16. The van der Waals surface area contributed by atoms with Gasteiger partial charge in [-0.1, -0.05) is 6.07 Å². The SMILES string of the molecule is COc1ccc(Cc2nc(-c3ccc4c(c3)NCC(C)O4)cs2)cc1OC. The molecule has 1 aliphatic heterocycles. The second-order valence-corrected chi connectivity index (χ2v) is 7.46. The molecule has 0 saturated heterocycles. The standard InChI is InChI=1S/C21H22N2O3S/c1-13-11-22-16-10-15(5-7-18(16)26-13)17-12-27-21(23-17)9-14-4-6-19(24-2)20(8-14)25-3/h4-8,10,12-13,22H,9,11H2,1-3H3. The predicted molar refractivity (Wildman–Crippen MR) is 108 cm³/mol. The molecule has 0 bridgehead atoms. The zero-order valence-corrected chi connectivity index (χ0v) is 16.4. The van der Waals surface area contributed by atoms with Crippen LogP contribution < -0.4 is 19.5 Å². The van der Waals surface area contributed by atoms with E-state index < -0.39 is 0 Å². The molecule has 2 aromatic carbocycles. The summed E-state index contributed by atoms with van der Waals surface area (Å²) in [5.41, 5.74) is 4.25. The Balaban J connectivity index is 1.54. The van der Waals surface area contributed by atoms with Crippen molar-refractivity contribution in [3.63, 3.8) is 0 Å². The van der Waals surface area contributed by atoms with Crippen LogP contribution in [0.5, 0.6) is 17.2 Å². The van der Waals surface area contributed by atoms with Gasteiger partial charge in [-0.15, -0.1) is 11.3 Å². The summed E-state index contributed by atoms with van der Waals surface area (Å²) in [6, 6.07) is 12.2. The molecule has 1 N–H and O–H groups in total. The minimum atomic E-state index is 0.190. The molecule has 1 aliphatic rings. The number of anilines is 1. The molecule has 0 radical (unpaired) electrons. The first-order chi connectivity index (χ1) is 13.2. The van der Waals surface area contributed by atoms with Crippen molar-refractivity contribution in [1.82, 2.24) is 4.98 Å². The Morgan fingerprint density at radius 3 is 2.81 bits per heavy atom. The zero-order chi connectivity index (χ0) is 18.8. The summed E-state index contributed by atoms with van der Waals surface area (Å²) in [7, 11) is 3.29. The minimum Gasteiger partial charge on any atom is -0.493 e. The molecule has 1 atom stereocenters. The monoisotopic (exact) mass is 382 g/mol. The lowest BCUT2D eigenvalue weighted by Crippen LogP contribution is -2.27. The first-order valence-electron chi connectivity index (χ1n) is 8.86. The number of fused-ring (bicyclic) bond motifs is 1. The lowest BCUT2D eigenvalue weighted by atomic mass is 10.1. The van der Waals surface area contributed by atoms with Crippen LogP contribution in [0, 0.1) is 0 Å². The molecule has 140 valence electrons. The largest absolute Gasteiger partial charge is 0.493 e. The van der Waals surface area contributed by atoms with Crippen LogP contribution in [0.25, 0.3) is 11.3 Å². The Kier molecular flexibility index (Phi) is 4.90. The van der Waals surface area contributed by atoms with Gasteiger partial charge in [0.05, 0.1) is 37.2 Å². The molecule has 1 aromatic heterocycles. The van der Waals surface area contributed by atoms with Gasteiger partial charge in [-0.25, -0.2) is 4.98 Å². The summed E-state index contributed by atoms with van der Waals surface area (Å²) < 4.78 is 16.5. The summed E-state index contributed by atoms with van der Waals surface area (Å²) in [5, 5.41) is 6.58. The fourth-order valence-electron chi connectivity index (χ4n) is 3.13. The minimum absolute atomic E-state index is 0.190. The van der Waals surface area contributed by atoms with Crippen LogP contribution in [-0.2, 0) is 6.42 Å². The van der Waals surface area contributed by atoms with Gasteiger partial charge in [0.25, 0.3) is 0 Å². The first-order valence-corrected chi connectivity index (χ1v) is 9.74. The van der Waals surface area contributed by atoms with Crippen molar-refractivity contribution in [3.05, 3.63) is 52.3 Å². The molecule has 6 heteroatoms. The van der Waals surface area contributed by atoms with Crippen molar-refractivity contribution in [2.24, 2.45) is 0 Å². The van der Waals surface area contributed by atoms with Gasteiger partial charge >= 0.3 is 0 Å². The fourth-order valence-corrected chi connectivity index (χ4v) is 3.97. The quantitative estimate of drug-likeness (QED) is 0.698. The highest BCUT2D eigenvalue weighted by Gasteiger charge is 2.16. The molecule has 1 unspecified atom stereocenters. The van der Waals surface area contributed by atoms with E-state index in [1.54, 1.807) is 25.6 Å². The number of ether oxygens (including phenoxy) is 3. The molecule has 3 aromatic rings. The van der Waals surface area contributed by atoms with E-state index in [2.05, 4.69) is 29.8 Å². The van der Waals surface area contributed by atoms with Crippen LogP contribution in [0.2, 0.25) is 0 Å². The molecular formula is C21H22N2O3S. The fraction of sp³-hybridized carbons (Fsp3) is 0.286. The highest BCUT2D eigenvalue weighted by molar-refractivity contribution is 7.10. The van der Waals surface area contributed by atoms with Crippen molar-refractivity contribution >= 4 is 17.0 Å². The van der Waals surface area contributed by atoms with Crippen LogP contribution in [0.4, 0.5) is 5.69 Å². The van der Waals surface area contributed by atoms with E-state index in [1.165, 1.54) is 0 Å². The topological polar surface area (TPSA) is 52.6 Å². The van der Waals surface area contributed by atoms with Gasteiger partial charge in [0.15, 0.2) is 11.5 Å². The van der Waals surface area contributed by atoms with Crippen LogP contribution in [0.15, 0.2) is 41.8 Å². The molecule has 0 amide bonds. The van der Waals surface area contributed by atoms with E-state index in [9.17, 15) is 0 Å². The third-order valence-electron chi connectivity index (χ3n) is 4.54. The number of nitrogens with one attached hydrogen (secondary N) is 1. The first kappa shape index (κ1) is 17.7. The van der Waals surface area contributed by atoms with Crippen molar-refractivity contribution in [2.75, 3.05) is 26.1 Å².